The fourth-order valence-electron chi connectivity index (χ4n) is 1.50. The number of nitrogens with zero attached hydrogens (tertiary/aromatic N) is 5. The predicted molar refractivity (Wildman–Crippen MR) is 70.6 cm³/mol. The van der Waals surface area contributed by atoms with Crippen LogP contribution >= 0.6 is 11.8 Å². The van der Waals surface area contributed by atoms with Crippen molar-refractivity contribution in [3.05, 3.63) is 48.4 Å². The third kappa shape index (κ3) is 2.50. The molecule has 0 N–H and O–H groups in total. The number of pyridine rings is 2. The maximum atomic E-state index is 9.00. The Bertz CT molecular complexity index is 766. The van der Waals surface area contributed by atoms with Crippen molar-refractivity contribution in [2.24, 2.45) is 0 Å². The van der Waals surface area contributed by atoms with Gasteiger partial charge in [0.2, 0.25) is 5.89 Å². The van der Waals surface area contributed by atoms with Crippen molar-refractivity contribution in [1.29, 1.82) is 5.26 Å². The fourth-order valence-corrected chi connectivity index (χ4v) is 2.20. The van der Waals surface area contributed by atoms with Gasteiger partial charge in [0.1, 0.15) is 11.1 Å². The Morgan fingerprint density at radius 3 is 2.85 bits per heavy atom. The van der Waals surface area contributed by atoms with Crippen LogP contribution in [-0.4, -0.2) is 20.2 Å². The molecule has 0 aliphatic heterocycles. The summed E-state index contributed by atoms with van der Waals surface area (Å²) in [5, 5.41) is 17.8. The minimum Gasteiger partial charge on any atom is -0.411 e. The summed E-state index contributed by atoms with van der Waals surface area (Å²) in [6.45, 7) is 0. The van der Waals surface area contributed by atoms with Crippen molar-refractivity contribution in [2.45, 2.75) is 10.2 Å². The zero-order valence-electron chi connectivity index (χ0n) is 10.1. The molecule has 96 valence electrons. The molecule has 0 fully saturated rings. The normalized spacial score (nSPS) is 10.2. The molecule has 0 aromatic carbocycles. The summed E-state index contributed by atoms with van der Waals surface area (Å²) >= 11 is 1.16. The number of hydrogen-bond donors (Lipinski definition) is 0. The first kappa shape index (κ1) is 12.3. The lowest BCUT2D eigenvalue weighted by molar-refractivity contribution is 0.465. The van der Waals surface area contributed by atoms with Gasteiger partial charge in [-0.05, 0) is 36.0 Å². The first-order valence-corrected chi connectivity index (χ1v) is 6.45. The Kier molecular flexibility index (Phi) is 3.39. The molecule has 0 spiro atoms. The summed E-state index contributed by atoms with van der Waals surface area (Å²) in [6, 6.07) is 9.09. The van der Waals surface area contributed by atoms with Gasteiger partial charge in [0.15, 0.2) is 0 Å². The molecule has 0 amide bonds. The van der Waals surface area contributed by atoms with E-state index in [1.54, 1.807) is 36.8 Å². The lowest BCUT2D eigenvalue weighted by Crippen LogP contribution is -1.85. The molecular formula is C13H7N5OS. The molecule has 20 heavy (non-hydrogen) atoms. The molecule has 6 nitrogen and oxygen atoms in total. The van der Waals surface area contributed by atoms with E-state index in [4.69, 9.17) is 9.68 Å². The molecule has 3 aromatic heterocycles. The topological polar surface area (TPSA) is 88.5 Å². The Hall–Kier alpha value is -2.72. The van der Waals surface area contributed by atoms with Gasteiger partial charge in [0.05, 0.1) is 11.1 Å². The highest BCUT2D eigenvalue weighted by atomic mass is 32.2. The van der Waals surface area contributed by atoms with Crippen LogP contribution in [0.2, 0.25) is 0 Å². The van der Waals surface area contributed by atoms with Crippen LogP contribution in [0.1, 0.15) is 5.56 Å². The number of rotatable bonds is 3. The van der Waals surface area contributed by atoms with Crippen LogP contribution in [0.15, 0.2) is 57.5 Å². The van der Waals surface area contributed by atoms with Crippen molar-refractivity contribution in [3.63, 3.8) is 0 Å². The quantitative estimate of drug-likeness (QED) is 0.728. The first-order valence-electron chi connectivity index (χ1n) is 5.63. The molecule has 0 aliphatic rings. The highest BCUT2D eigenvalue weighted by molar-refractivity contribution is 7.99. The molecule has 0 radical (unpaired) electrons. The van der Waals surface area contributed by atoms with Crippen molar-refractivity contribution in [2.75, 3.05) is 0 Å². The van der Waals surface area contributed by atoms with Gasteiger partial charge in [0.25, 0.3) is 5.22 Å². The lowest BCUT2D eigenvalue weighted by atomic mass is 10.3. The van der Waals surface area contributed by atoms with Crippen LogP contribution in [0.25, 0.3) is 11.5 Å². The average Bonchev–Trinajstić information content (AvgIpc) is 2.97. The molecule has 7 heteroatoms. The second kappa shape index (κ2) is 5.50. The maximum absolute atomic E-state index is 9.00. The Balaban J connectivity index is 1.87. The van der Waals surface area contributed by atoms with E-state index in [0.717, 1.165) is 17.3 Å². The number of hydrogen-bond acceptors (Lipinski definition) is 7. The van der Waals surface area contributed by atoms with E-state index in [0.29, 0.717) is 21.7 Å². The molecule has 3 rings (SSSR count). The standard InChI is InChI=1S/C13H7N5OS/c14-7-9-3-2-6-16-12(9)20-13-18-17-11(19-13)10-4-1-5-15-8-10/h1-6,8H. The van der Waals surface area contributed by atoms with E-state index in [9.17, 15) is 0 Å². The van der Waals surface area contributed by atoms with Crippen molar-refractivity contribution in [3.8, 4) is 17.5 Å². The number of aromatic nitrogens is 4. The largest absolute Gasteiger partial charge is 0.411 e. The zero-order chi connectivity index (χ0) is 13.8. The molecule has 0 saturated carbocycles. The first-order chi connectivity index (χ1) is 9.86. The summed E-state index contributed by atoms with van der Waals surface area (Å²) in [6.07, 6.45) is 4.92. The van der Waals surface area contributed by atoms with Crippen LogP contribution < -0.4 is 0 Å². The summed E-state index contributed by atoms with van der Waals surface area (Å²) < 4.78 is 5.52. The maximum Gasteiger partial charge on any atom is 0.283 e. The third-order valence-electron chi connectivity index (χ3n) is 2.39. The van der Waals surface area contributed by atoms with Gasteiger partial charge < -0.3 is 4.42 Å². The molecule has 0 aliphatic carbocycles. The molecule has 0 saturated heterocycles. The summed E-state index contributed by atoms with van der Waals surface area (Å²) in [4.78, 5) is 8.12. The van der Waals surface area contributed by atoms with E-state index in [1.807, 2.05) is 6.07 Å². The van der Waals surface area contributed by atoms with Gasteiger partial charge in [-0.25, -0.2) is 4.98 Å². The summed E-state index contributed by atoms with van der Waals surface area (Å²) in [5.41, 5.74) is 1.21. The highest BCUT2D eigenvalue weighted by Crippen LogP contribution is 2.29. The molecule has 3 heterocycles. The fraction of sp³-hybridized carbons (Fsp3) is 0. The Morgan fingerprint density at radius 2 is 2.05 bits per heavy atom. The summed E-state index contributed by atoms with van der Waals surface area (Å²) in [5.74, 6) is 0.384. The van der Waals surface area contributed by atoms with Gasteiger partial charge in [-0.2, -0.15) is 5.26 Å². The average molecular weight is 281 g/mol. The van der Waals surface area contributed by atoms with E-state index in [1.165, 1.54) is 0 Å². The predicted octanol–water partition coefficient (Wildman–Crippen LogP) is 2.55. The molecule has 0 atom stereocenters. The monoisotopic (exact) mass is 281 g/mol. The second-order valence-corrected chi connectivity index (χ2v) is 4.62. The smallest absolute Gasteiger partial charge is 0.283 e. The van der Waals surface area contributed by atoms with Crippen molar-refractivity contribution in [1.82, 2.24) is 20.2 Å². The lowest BCUT2D eigenvalue weighted by Gasteiger charge is -1.97. The number of nitriles is 1. The van der Waals surface area contributed by atoms with Gasteiger partial charge in [-0.3, -0.25) is 4.98 Å². The van der Waals surface area contributed by atoms with Crippen LogP contribution in [-0.2, 0) is 0 Å². The van der Waals surface area contributed by atoms with Gasteiger partial charge in [-0.15, -0.1) is 10.2 Å². The summed E-state index contributed by atoms with van der Waals surface area (Å²) in [7, 11) is 0. The van der Waals surface area contributed by atoms with Crippen LogP contribution in [0.3, 0.4) is 0 Å². The van der Waals surface area contributed by atoms with E-state index in [2.05, 4.69) is 26.2 Å². The Morgan fingerprint density at radius 1 is 1.15 bits per heavy atom. The van der Waals surface area contributed by atoms with Crippen LogP contribution in [0.4, 0.5) is 0 Å². The molecular weight excluding hydrogens is 274 g/mol. The molecule has 0 bridgehead atoms. The zero-order valence-corrected chi connectivity index (χ0v) is 10.9. The molecule has 3 aromatic rings. The SMILES string of the molecule is N#Cc1cccnc1Sc1nnc(-c2cccnc2)o1. The molecule has 0 unspecified atom stereocenters. The van der Waals surface area contributed by atoms with E-state index in [-0.39, 0.29) is 0 Å². The minimum atomic E-state index is 0.332. The van der Waals surface area contributed by atoms with Crippen molar-refractivity contribution >= 4 is 11.8 Å². The highest BCUT2D eigenvalue weighted by Gasteiger charge is 2.12. The van der Waals surface area contributed by atoms with Gasteiger partial charge in [-0.1, -0.05) is 0 Å². The third-order valence-corrected chi connectivity index (χ3v) is 3.25. The van der Waals surface area contributed by atoms with Crippen molar-refractivity contribution < 1.29 is 4.42 Å². The van der Waals surface area contributed by atoms with Gasteiger partial charge in [0, 0.05) is 18.6 Å². The van der Waals surface area contributed by atoms with Crippen LogP contribution in [0.5, 0.6) is 0 Å². The Labute approximate surface area is 118 Å². The van der Waals surface area contributed by atoms with Gasteiger partial charge >= 0.3 is 0 Å². The minimum absolute atomic E-state index is 0.332. The van der Waals surface area contributed by atoms with E-state index < -0.39 is 0 Å². The second-order valence-electron chi connectivity index (χ2n) is 3.68. The van der Waals surface area contributed by atoms with E-state index >= 15 is 0 Å². The van der Waals surface area contributed by atoms with Crippen LogP contribution in [0, 0.1) is 11.3 Å².